The average molecular weight is 246 g/mol. The van der Waals surface area contributed by atoms with Crippen LogP contribution in [0.2, 0.25) is 0 Å². The topological polar surface area (TPSA) is 56.0 Å². The summed E-state index contributed by atoms with van der Waals surface area (Å²) in [4.78, 5) is 17.1. The van der Waals surface area contributed by atoms with E-state index in [2.05, 4.69) is 4.98 Å². The molecule has 1 heterocycles. The minimum Gasteiger partial charge on any atom is -0.315 e. The first kappa shape index (κ1) is 12.0. The van der Waals surface area contributed by atoms with Gasteiger partial charge in [-0.15, -0.1) is 11.3 Å². The van der Waals surface area contributed by atoms with E-state index in [1.54, 1.807) is 18.6 Å². The molecule has 0 aliphatic heterocycles. The summed E-state index contributed by atoms with van der Waals surface area (Å²) in [6, 6.07) is 9.45. The van der Waals surface area contributed by atoms with Crippen LogP contribution in [0.5, 0.6) is 0 Å². The van der Waals surface area contributed by atoms with Gasteiger partial charge in [-0.1, -0.05) is 30.3 Å². The van der Waals surface area contributed by atoms with E-state index in [1.165, 1.54) is 11.3 Å². The molecule has 1 atom stereocenters. The van der Waals surface area contributed by atoms with Gasteiger partial charge in [0.2, 0.25) is 0 Å². The predicted octanol–water partition coefficient (Wildman–Crippen LogP) is 2.13. The minimum absolute atomic E-state index is 0.00736. The van der Waals surface area contributed by atoms with E-state index in [1.807, 2.05) is 30.3 Å². The molecule has 0 saturated heterocycles. The minimum atomic E-state index is -0.939. The van der Waals surface area contributed by atoms with Crippen LogP contribution in [0, 0.1) is 0 Å². The number of hydrogen-bond acceptors (Lipinski definition) is 4. The lowest BCUT2D eigenvalue weighted by Gasteiger charge is -2.23. The van der Waals surface area contributed by atoms with Crippen molar-refractivity contribution in [2.24, 2.45) is 5.73 Å². The Morgan fingerprint density at radius 3 is 2.71 bits per heavy atom. The van der Waals surface area contributed by atoms with Crippen molar-refractivity contribution in [2.45, 2.75) is 18.9 Å². The van der Waals surface area contributed by atoms with Crippen molar-refractivity contribution >= 4 is 17.1 Å². The molecule has 1 aromatic heterocycles. The first-order valence-corrected chi connectivity index (χ1v) is 6.24. The number of aromatic nitrogens is 1. The van der Waals surface area contributed by atoms with Gasteiger partial charge < -0.3 is 5.73 Å². The van der Waals surface area contributed by atoms with Crippen molar-refractivity contribution in [3.63, 3.8) is 0 Å². The summed E-state index contributed by atoms with van der Waals surface area (Å²) in [7, 11) is 0. The molecule has 2 N–H and O–H groups in total. The van der Waals surface area contributed by atoms with Crippen LogP contribution in [0.15, 0.2) is 42.0 Å². The Bertz CT molecular complexity index is 491. The molecule has 0 aliphatic rings. The number of carbonyl (C=O) groups excluding carboxylic acids is 1. The van der Waals surface area contributed by atoms with Crippen molar-refractivity contribution in [1.82, 2.24) is 4.98 Å². The van der Waals surface area contributed by atoms with E-state index in [0.29, 0.717) is 6.42 Å². The van der Waals surface area contributed by atoms with E-state index < -0.39 is 5.54 Å². The third-order valence-electron chi connectivity index (χ3n) is 2.77. The normalized spacial score (nSPS) is 14.2. The van der Waals surface area contributed by atoms with E-state index in [-0.39, 0.29) is 5.78 Å². The highest BCUT2D eigenvalue weighted by molar-refractivity contribution is 7.09. The van der Waals surface area contributed by atoms with Gasteiger partial charge in [0, 0.05) is 17.5 Å². The molecule has 0 spiro atoms. The lowest BCUT2D eigenvalue weighted by Crippen LogP contribution is -2.42. The second-order valence-electron chi connectivity index (χ2n) is 4.14. The van der Waals surface area contributed by atoms with Crippen LogP contribution in [0.4, 0.5) is 0 Å². The second-order valence-corrected chi connectivity index (χ2v) is 5.11. The third-order valence-corrected chi connectivity index (χ3v) is 3.55. The number of Topliss-reactive ketones (excluding diaryl/α,β-unsaturated/α-hetero) is 1. The van der Waals surface area contributed by atoms with Gasteiger partial charge >= 0.3 is 0 Å². The maximum Gasteiger partial charge on any atom is 0.162 e. The fourth-order valence-corrected chi connectivity index (χ4v) is 2.21. The molecule has 3 nitrogen and oxygen atoms in total. The predicted molar refractivity (Wildman–Crippen MR) is 68.8 cm³/mol. The van der Waals surface area contributed by atoms with Crippen LogP contribution < -0.4 is 5.73 Å². The van der Waals surface area contributed by atoms with E-state index in [0.717, 1.165) is 10.4 Å². The van der Waals surface area contributed by atoms with Gasteiger partial charge in [-0.05, 0) is 12.5 Å². The monoisotopic (exact) mass is 246 g/mol. The zero-order chi connectivity index (χ0) is 12.3. The molecular weight excluding hydrogens is 232 g/mol. The molecule has 0 amide bonds. The number of thiazole rings is 1. The SMILES string of the molecule is CC(N)(C(=O)Cc1cncs1)c1ccccc1. The molecule has 0 bridgehead atoms. The summed E-state index contributed by atoms with van der Waals surface area (Å²) >= 11 is 1.48. The molecule has 1 aromatic carbocycles. The number of nitrogens with zero attached hydrogens (tertiary/aromatic N) is 1. The van der Waals surface area contributed by atoms with E-state index >= 15 is 0 Å². The fourth-order valence-electron chi connectivity index (χ4n) is 1.62. The van der Waals surface area contributed by atoms with Crippen LogP contribution in [-0.4, -0.2) is 10.8 Å². The maximum atomic E-state index is 12.2. The number of rotatable bonds is 4. The molecule has 17 heavy (non-hydrogen) atoms. The summed E-state index contributed by atoms with van der Waals surface area (Å²) in [6.45, 7) is 1.76. The average Bonchev–Trinajstić information content (AvgIpc) is 2.83. The molecule has 2 aromatic rings. The highest BCUT2D eigenvalue weighted by Crippen LogP contribution is 2.21. The zero-order valence-electron chi connectivity index (χ0n) is 9.59. The number of benzene rings is 1. The van der Waals surface area contributed by atoms with Crippen molar-refractivity contribution in [2.75, 3.05) is 0 Å². The number of ketones is 1. The lowest BCUT2D eigenvalue weighted by atomic mass is 9.87. The standard InChI is InChI=1S/C13H14N2OS/c1-13(14,10-5-3-2-4-6-10)12(16)7-11-8-15-9-17-11/h2-6,8-9H,7,14H2,1H3. The van der Waals surface area contributed by atoms with Crippen LogP contribution in [0.25, 0.3) is 0 Å². The van der Waals surface area contributed by atoms with Gasteiger partial charge in [0.25, 0.3) is 0 Å². The Labute approximate surface area is 104 Å². The smallest absolute Gasteiger partial charge is 0.162 e. The first-order valence-electron chi connectivity index (χ1n) is 5.36. The Balaban J connectivity index is 2.18. The lowest BCUT2D eigenvalue weighted by molar-refractivity contribution is -0.123. The zero-order valence-corrected chi connectivity index (χ0v) is 10.4. The molecular formula is C13H14N2OS. The maximum absolute atomic E-state index is 12.2. The van der Waals surface area contributed by atoms with Gasteiger partial charge in [0.15, 0.2) is 5.78 Å². The van der Waals surface area contributed by atoms with Gasteiger partial charge in [-0.25, -0.2) is 0 Å². The number of hydrogen-bond donors (Lipinski definition) is 1. The van der Waals surface area contributed by atoms with E-state index in [4.69, 9.17) is 5.73 Å². The molecule has 1 unspecified atom stereocenters. The molecule has 4 heteroatoms. The van der Waals surface area contributed by atoms with Gasteiger partial charge in [0.05, 0.1) is 11.0 Å². The summed E-state index contributed by atoms with van der Waals surface area (Å²) in [5.41, 5.74) is 7.76. The second kappa shape index (κ2) is 4.77. The summed E-state index contributed by atoms with van der Waals surface area (Å²) in [6.07, 6.45) is 2.05. The highest BCUT2D eigenvalue weighted by Gasteiger charge is 2.30. The molecule has 2 rings (SSSR count). The number of nitrogens with two attached hydrogens (primary N) is 1. The van der Waals surface area contributed by atoms with Gasteiger partial charge in [-0.3, -0.25) is 9.78 Å². The summed E-state index contributed by atoms with van der Waals surface area (Å²) < 4.78 is 0. The Hall–Kier alpha value is -1.52. The van der Waals surface area contributed by atoms with Crippen molar-refractivity contribution in [3.8, 4) is 0 Å². The summed E-state index contributed by atoms with van der Waals surface area (Å²) in [5.74, 6) is 0.00736. The number of carbonyl (C=O) groups is 1. The Morgan fingerprint density at radius 2 is 2.12 bits per heavy atom. The van der Waals surface area contributed by atoms with Gasteiger partial charge in [0.1, 0.15) is 0 Å². The molecule has 0 saturated carbocycles. The highest BCUT2D eigenvalue weighted by atomic mass is 32.1. The van der Waals surface area contributed by atoms with Crippen LogP contribution >= 0.6 is 11.3 Å². The van der Waals surface area contributed by atoms with Gasteiger partial charge in [-0.2, -0.15) is 0 Å². The Morgan fingerprint density at radius 1 is 1.41 bits per heavy atom. The molecule has 88 valence electrons. The first-order chi connectivity index (χ1) is 8.10. The van der Waals surface area contributed by atoms with Crippen molar-refractivity contribution in [3.05, 3.63) is 52.5 Å². The van der Waals surface area contributed by atoms with E-state index in [9.17, 15) is 4.79 Å². The van der Waals surface area contributed by atoms with Crippen molar-refractivity contribution in [1.29, 1.82) is 0 Å². The van der Waals surface area contributed by atoms with Crippen LogP contribution in [0.3, 0.4) is 0 Å². The molecule has 0 radical (unpaired) electrons. The van der Waals surface area contributed by atoms with Crippen LogP contribution in [0.1, 0.15) is 17.4 Å². The summed E-state index contributed by atoms with van der Waals surface area (Å²) in [5, 5.41) is 0. The molecule has 0 fully saturated rings. The third kappa shape index (κ3) is 2.60. The fraction of sp³-hybridized carbons (Fsp3) is 0.231. The van der Waals surface area contributed by atoms with Crippen molar-refractivity contribution < 1.29 is 4.79 Å². The Kier molecular flexibility index (Phi) is 3.36. The largest absolute Gasteiger partial charge is 0.315 e. The van der Waals surface area contributed by atoms with Crippen LogP contribution in [-0.2, 0) is 16.8 Å². The quantitative estimate of drug-likeness (QED) is 0.899. The molecule has 0 aliphatic carbocycles.